The lowest BCUT2D eigenvalue weighted by Crippen LogP contribution is -2.13. The zero-order valence-corrected chi connectivity index (χ0v) is 15.5. The fourth-order valence-corrected chi connectivity index (χ4v) is 2.28. The van der Waals surface area contributed by atoms with Crippen molar-refractivity contribution in [3.05, 3.63) is 54.1 Å². The summed E-state index contributed by atoms with van der Waals surface area (Å²) in [6.45, 7) is 6.72. The van der Waals surface area contributed by atoms with E-state index in [2.05, 4.69) is 24.5 Å². The molecule has 0 aliphatic heterocycles. The van der Waals surface area contributed by atoms with Crippen LogP contribution < -0.4 is 15.4 Å². The fourth-order valence-electron chi connectivity index (χ4n) is 2.28. The molecule has 0 saturated carbocycles. The van der Waals surface area contributed by atoms with Crippen molar-refractivity contribution in [2.75, 3.05) is 17.2 Å². The first-order valence-electron chi connectivity index (χ1n) is 8.92. The summed E-state index contributed by atoms with van der Waals surface area (Å²) in [5.41, 5.74) is 1.91. The van der Waals surface area contributed by atoms with Gasteiger partial charge in [-0.05, 0) is 54.8 Å². The SMILES string of the molecule is CCCC(=O)Nc1ccc(NC(=O)c2cccc(OCC(C)C)c2)cc1. The zero-order valence-electron chi connectivity index (χ0n) is 15.5. The molecule has 2 aromatic rings. The van der Waals surface area contributed by atoms with Crippen molar-refractivity contribution in [3.63, 3.8) is 0 Å². The van der Waals surface area contributed by atoms with Crippen LogP contribution in [0.4, 0.5) is 11.4 Å². The summed E-state index contributed by atoms with van der Waals surface area (Å²) in [5, 5.41) is 5.67. The molecule has 0 aliphatic rings. The first-order valence-corrected chi connectivity index (χ1v) is 8.92. The van der Waals surface area contributed by atoms with Crippen LogP contribution in [-0.4, -0.2) is 18.4 Å². The van der Waals surface area contributed by atoms with E-state index in [1.807, 2.05) is 13.0 Å². The van der Waals surface area contributed by atoms with Crippen LogP contribution in [0.1, 0.15) is 44.0 Å². The van der Waals surface area contributed by atoms with Gasteiger partial charge >= 0.3 is 0 Å². The average molecular weight is 354 g/mol. The Bertz CT molecular complexity index is 739. The van der Waals surface area contributed by atoms with Crippen molar-refractivity contribution in [1.29, 1.82) is 0 Å². The largest absolute Gasteiger partial charge is 0.493 e. The Morgan fingerprint density at radius 2 is 1.65 bits per heavy atom. The maximum absolute atomic E-state index is 12.4. The number of amides is 2. The standard InChI is InChI=1S/C21H26N2O3/c1-4-6-20(24)22-17-9-11-18(12-10-17)23-21(25)16-7-5-8-19(13-16)26-14-15(2)3/h5,7-13,15H,4,6,14H2,1-3H3,(H,22,24)(H,23,25). The topological polar surface area (TPSA) is 67.4 Å². The van der Waals surface area contributed by atoms with Crippen molar-refractivity contribution in [1.82, 2.24) is 0 Å². The van der Waals surface area contributed by atoms with E-state index in [0.717, 1.165) is 6.42 Å². The first-order chi connectivity index (χ1) is 12.5. The number of benzene rings is 2. The van der Waals surface area contributed by atoms with Gasteiger partial charge in [-0.2, -0.15) is 0 Å². The molecule has 2 N–H and O–H groups in total. The second kappa shape index (κ2) is 9.61. The highest BCUT2D eigenvalue weighted by Crippen LogP contribution is 2.18. The van der Waals surface area contributed by atoms with Crippen LogP contribution in [0.3, 0.4) is 0 Å². The van der Waals surface area contributed by atoms with Crippen LogP contribution in [0, 0.1) is 5.92 Å². The molecule has 5 nitrogen and oxygen atoms in total. The molecule has 2 amide bonds. The Hall–Kier alpha value is -2.82. The molecule has 2 rings (SSSR count). The second-order valence-corrected chi connectivity index (χ2v) is 6.56. The molecule has 5 heteroatoms. The molecule has 26 heavy (non-hydrogen) atoms. The van der Waals surface area contributed by atoms with Crippen LogP contribution in [-0.2, 0) is 4.79 Å². The number of rotatable bonds is 8. The van der Waals surface area contributed by atoms with Gasteiger partial charge in [0.2, 0.25) is 5.91 Å². The smallest absolute Gasteiger partial charge is 0.255 e. The molecule has 0 radical (unpaired) electrons. The average Bonchev–Trinajstić information content (AvgIpc) is 2.62. The summed E-state index contributed by atoms with van der Waals surface area (Å²) >= 11 is 0. The van der Waals surface area contributed by atoms with E-state index in [-0.39, 0.29) is 11.8 Å². The monoisotopic (exact) mass is 354 g/mol. The Morgan fingerprint density at radius 3 is 2.27 bits per heavy atom. The van der Waals surface area contributed by atoms with E-state index in [4.69, 9.17) is 4.74 Å². The number of nitrogens with one attached hydrogen (secondary N) is 2. The van der Waals surface area contributed by atoms with Crippen LogP contribution in [0.2, 0.25) is 0 Å². The highest BCUT2D eigenvalue weighted by Gasteiger charge is 2.08. The third kappa shape index (κ3) is 6.24. The maximum atomic E-state index is 12.4. The van der Waals surface area contributed by atoms with Gasteiger partial charge in [-0.3, -0.25) is 9.59 Å². The van der Waals surface area contributed by atoms with Gasteiger partial charge in [-0.25, -0.2) is 0 Å². The molecule has 0 bridgehead atoms. The third-order valence-corrected chi connectivity index (χ3v) is 3.58. The minimum absolute atomic E-state index is 0.0116. The van der Waals surface area contributed by atoms with E-state index >= 15 is 0 Å². The van der Waals surface area contributed by atoms with Crippen LogP contribution in [0.25, 0.3) is 0 Å². The summed E-state index contributed by atoms with van der Waals surface area (Å²) in [4.78, 5) is 24.0. The molecule has 0 spiro atoms. The van der Waals surface area contributed by atoms with Crippen molar-refractivity contribution in [3.8, 4) is 5.75 Å². The summed E-state index contributed by atoms with van der Waals surface area (Å²) in [7, 11) is 0. The Kier molecular flexibility index (Phi) is 7.21. The lowest BCUT2D eigenvalue weighted by Gasteiger charge is -2.11. The number of hydrogen-bond donors (Lipinski definition) is 2. The number of ether oxygens (including phenoxy) is 1. The highest BCUT2D eigenvalue weighted by atomic mass is 16.5. The number of carbonyl (C=O) groups excluding carboxylic acids is 2. The molecule has 138 valence electrons. The lowest BCUT2D eigenvalue weighted by molar-refractivity contribution is -0.116. The van der Waals surface area contributed by atoms with Gasteiger partial charge in [0.15, 0.2) is 0 Å². The minimum Gasteiger partial charge on any atom is -0.493 e. The van der Waals surface area contributed by atoms with Gasteiger partial charge in [0.25, 0.3) is 5.91 Å². The highest BCUT2D eigenvalue weighted by molar-refractivity contribution is 6.04. The molecule has 0 fully saturated rings. The molecule has 0 unspecified atom stereocenters. The molecular weight excluding hydrogens is 328 g/mol. The quantitative estimate of drug-likeness (QED) is 0.721. The van der Waals surface area contributed by atoms with Crippen LogP contribution in [0.15, 0.2) is 48.5 Å². The van der Waals surface area contributed by atoms with Gasteiger partial charge in [0.1, 0.15) is 5.75 Å². The van der Waals surface area contributed by atoms with Gasteiger partial charge < -0.3 is 15.4 Å². The predicted octanol–water partition coefficient (Wildman–Crippen LogP) is 4.71. The second-order valence-electron chi connectivity index (χ2n) is 6.56. The Labute approximate surface area is 154 Å². The molecule has 0 heterocycles. The minimum atomic E-state index is -0.206. The lowest BCUT2D eigenvalue weighted by atomic mass is 10.2. The zero-order chi connectivity index (χ0) is 18.9. The molecule has 0 aromatic heterocycles. The van der Waals surface area contributed by atoms with E-state index in [1.54, 1.807) is 42.5 Å². The molecule has 0 atom stereocenters. The molecule has 0 saturated heterocycles. The number of anilines is 2. The molecular formula is C21H26N2O3. The summed E-state index contributed by atoms with van der Waals surface area (Å²) in [5.74, 6) is 0.884. The normalized spacial score (nSPS) is 10.5. The Morgan fingerprint density at radius 1 is 1.00 bits per heavy atom. The third-order valence-electron chi connectivity index (χ3n) is 3.58. The van der Waals surface area contributed by atoms with Gasteiger partial charge in [0.05, 0.1) is 6.61 Å². The van der Waals surface area contributed by atoms with Crippen molar-refractivity contribution >= 4 is 23.2 Å². The van der Waals surface area contributed by atoms with Gasteiger partial charge in [0, 0.05) is 23.4 Å². The van der Waals surface area contributed by atoms with E-state index < -0.39 is 0 Å². The maximum Gasteiger partial charge on any atom is 0.255 e. The number of hydrogen-bond acceptors (Lipinski definition) is 3. The fraction of sp³-hybridized carbons (Fsp3) is 0.333. The van der Waals surface area contributed by atoms with Crippen LogP contribution in [0.5, 0.6) is 5.75 Å². The van der Waals surface area contributed by atoms with E-state index in [0.29, 0.717) is 41.6 Å². The predicted molar refractivity (Wildman–Crippen MR) is 105 cm³/mol. The van der Waals surface area contributed by atoms with Gasteiger partial charge in [-0.15, -0.1) is 0 Å². The van der Waals surface area contributed by atoms with Crippen molar-refractivity contribution in [2.45, 2.75) is 33.6 Å². The van der Waals surface area contributed by atoms with E-state index in [9.17, 15) is 9.59 Å². The molecule has 2 aromatic carbocycles. The van der Waals surface area contributed by atoms with Gasteiger partial charge in [-0.1, -0.05) is 26.8 Å². The number of carbonyl (C=O) groups is 2. The van der Waals surface area contributed by atoms with E-state index in [1.165, 1.54) is 0 Å². The van der Waals surface area contributed by atoms with Crippen molar-refractivity contribution in [2.24, 2.45) is 5.92 Å². The summed E-state index contributed by atoms with van der Waals surface area (Å²) in [6.07, 6.45) is 1.30. The molecule has 0 aliphatic carbocycles. The van der Waals surface area contributed by atoms with Crippen LogP contribution >= 0.6 is 0 Å². The summed E-state index contributed by atoms with van der Waals surface area (Å²) in [6, 6.07) is 14.2. The first kappa shape index (κ1) is 19.5. The van der Waals surface area contributed by atoms with Crippen molar-refractivity contribution < 1.29 is 14.3 Å². The Balaban J connectivity index is 1.96. The summed E-state index contributed by atoms with van der Waals surface area (Å²) < 4.78 is 5.66.